The van der Waals surface area contributed by atoms with Crippen molar-refractivity contribution in [1.82, 2.24) is 9.47 Å². The van der Waals surface area contributed by atoms with Gasteiger partial charge in [0.25, 0.3) is 0 Å². The molecule has 4 nitrogen and oxygen atoms in total. The molecule has 0 aliphatic heterocycles. The second-order valence-corrected chi connectivity index (χ2v) is 8.15. The summed E-state index contributed by atoms with van der Waals surface area (Å²) < 4.78 is 2.09. The van der Waals surface area contributed by atoms with E-state index in [-0.39, 0.29) is 5.78 Å². The SMILES string of the molecule is CCCCN(C)C[C@@H](O)Cn1cc(/C=C/C(=O)c2cccs2)c2ccccc21. The minimum absolute atomic E-state index is 0.0180. The van der Waals surface area contributed by atoms with Crippen molar-refractivity contribution in [2.24, 2.45) is 0 Å². The smallest absolute Gasteiger partial charge is 0.195 e. The summed E-state index contributed by atoms with van der Waals surface area (Å²) in [6.07, 6.45) is 7.39. The Morgan fingerprint density at radius 3 is 2.86 bits per heavy atom. The highest BCUT2D eigenvalue weighted by Crippen LogP contribution is 2.23. The highest BCUT2D eigenvalue weighted by Gasteiger charge is 2.13. The molecule has 5 heteroatoms. The monoisotopic (exact) mass is 396 g/mol. The van der Waals surface area contributed by atoms with Gasteiger partial charge in [-0.3, -0.25) is 4.79 Å². The number of carbonyl (C=O) groups is 1. The molecule has 0 aliphatic carbocycles. The van der Waals surface area contributed by atoms with E-state index in [1.807, 2.05) is 41.9 Å². The van der Waals surface area contributed by atoms with Crippen molar-refractivity contribution in [1.29, 1.82) is 0 Å². The van der Waals surface area contributed by atoms with Crippen LogP contribution >= 0.6 is 11.3 Å². The summed E-state index contributed by atoms with van der Waals surface area (Å²) in [6.45, 7) is 4.35. The number of aliphatic hydroxyl groups excluding tert-OH is 1. The fraction of sp³-hybridized carbons (Fsp3) is 0.348. The maximum atomic E-state index is 12.3. The number of hydrogen-bond acceptors (Lipinski definition) is 4. The molecule has 1 N–H and O–H groups in total. The Labute approximate surface area is 170 Å². The van der Waals surface area contributed by atoms with Crippen LogP contribution in [-0.4, -0.2) is 46.6 Å². The second-order valence-electron chi connectivity index (χ2n) is 7.20. The van der Waals surface area contributed by atoms with Gasteiger partial charge in [0.2, 0.25) is 0 Å². The summed E-state index contributed by atoms with van der Waals surface area (Å²) in [5, 5.41) is 13.5. The highest BCUT2D eigenvalue weighted by molar-refractivity contribution is 7.12. The molecular weight excluding hydrogens is 368 g/mol. The van der Waals surface area contributed by atoms with E-state index in [1.165, 1.54) is 11.3 Å². The molecule has 2 aromatic heterocycles. The molecule has 0 saturated heterocycles. The molecule has 3 aromatic rings. The third-order valence-electron chi connectivity index (χ3n) is 4.82. The Bertz CT molecular complexity index is 927. The fourth-order valence-electron chi connectivity index (χ4n) is 3.39. The molecule has 148 valence electrons. The van der Waals surface area contributed by atoms with Gasteiger partial charge in [-0.25, -0.2) is 0 Å². The fourth-order valence-corrected chi connectivity index (χ4v) is 4.03. The minimum Gasteiger partial charge on any atom is -0.390 e. The van der Waals surface area contributed by atoms with Gasteiger partial charge >= 0.3 is 0 Å². The maximum absolute atomic E-state index is 12.3. The molecule has 1 atom stereocenters. The third kappa shape index (κ3) is 5.19. The summed E-state index contributed by atoms with van der Waals surface area (Å²) >= 11 is 1.45. The van der Waals surface area contributed by atoms with Crippen molar-refractivity contribution in [2.75, 3.05) is 20.1 Å². The molecule has 3 rings (SSSR count). The summed E-state index contributed by atoms with van der Waals surface area (Å²) in [7, 11) is 2.05. The Kier molecular flexibility index (Phi) is 7.20. The lowest BCUT2D eigenvalue weighted by atomic mass is 10.1. The standard InChI is InChI=1S/C23H28N2O2S/c1-3-4-13-24(2)16-19(26)17-25-15-18(20-8-5-6-9-21(20)25)11-12-22(27)23-10-7-14-28-23/h5-12,14-15,19,26H,3-4,13,16-17H2,1-2H3/b12-11+/t19-/m1/s1. The Hall–Kier alpha value is -2.21. The number of thiophene rings is 1. The number of hydrogen-bond donors (Lipinski definition) is 1. The first kappa shape index (κ1) is 20.5. The van der Waals surface area contributed by atoms with Crippen molar-refractivity contribution in [3.8, 4) is 0 Å². The lowest BCUT2D eigenvalue weighted by molar-refractivity contribution is 0.105. The van der Waals surface area contributed by atoms with Gasteiger partial charge in [-0.05, 0) is 49.7 Å². The minimum atomic E-state index is -0.442. The lowest BCUT2D eigenvalue weighted by Gasteiger charge is -2.21. The zero-order valence-corrected chi connectivity index (χ0v) is 17.4. The zero-order valence-electron chi connectivity index (χ0n) is 16.5. The van der Waals surface area contributed by atoms with Gasteiger partial charge < -0.3 is 14.6 Å². The second kappa shape index (κ2) is 9.82. The van der Waals surface area contributed by atoms with E-state index in [0.717, 1.165) is 40.7 Å². The average molecular weight is 397 g/mol. The van der Waals surface area contributed by atoms with Crippen molar-refractivity contribution in [3.05, 3.63) is 64.5 Å². The molecule has 28 heavy (non-hydrogen) atoms. The number of nitrogens with zero attached hydrogens (tertiary/aromatic N) is 2. The Morgan fingerprint density at radius 1 is 1.29 bits per heavy atom. The predicted molar refractivity (Wildman–Crippen MR) is 118 cm³/mol. The third-order valence-corrected chi connectivity index (χ3v) is 5.71. The lowest BCUT2D eigenvalue weighted by Crippen LogP contribution is -2.32. The molecule has 0 bridgehead atoms. The summed E-state index contributed by atoms with van der Waals surface area (Å²) in [6, 6.07) is 11.8. The van der Waals surface area contributed by atoms with Gasteiger partial charge in [0.15, 0.2) is 5.78 Å². The molecular formula is C23H28N2O2S. The van der Waals surface area contributed by atoms with Gasteiger partial charge in [0.1, 0.15) is 0 Å². The van der Waals surface area contributed by atoms with Crippen molar-refractivity contribution in [3.63, 3.8) is 0 Å². The summed E-state index contributed by atoms with van der Waals surface area (Å²) in [4.78, 5) is 15.2. The van der Waals surface area contributed by atoms with Crippen molar-refractivity contribution in [2.45, 2.75) is 32.4 Å². The van der Waals surface area contributed by atoms with E-state index in [1.54, 1.807) is 6.08 Å². The van der Waals surface area contributed by atoms with Crippen molar-refractivity contribution >= 4 is 34.1 Å². The first-order chi connectivity index (χ1) is 13.6. The van der Waals surface area contributed by atoms with E-state index in [9.17, 15) is 9.90 Å². The van der Waals surface area contributed by atoms with E-state index in [4.69, 9.17) is 0 Å². The number of carbonyl (C=O) groups excluding carboxylic acids is 1. The summed E-state index contributed by atoms with van der Waals surface area (Å²) in [5.41, 5.74) is 2.06. The van der Waals surface area contributed by atoms with Crippen LogP contribution in [-0.2, 0) is 6.54 Å². The number of rotatable bonds is 10. The van der Waals surface area contributed by atoms with Crippen LogP contribution in [0.4, 0.5) is 0 Å². The first-order valence-electron chi connectivity index (χ1n) is 9.79. The number of aliphatic hydroxyl groups is 1. The van der Waals surface area contributed by atoms with Crippen LogP contribution in [0.2, 0.25) is 0 Å². The molecule has 0 amide bonds. The van der Waals surface area contributed by atoms with Crippen LogP contribution in [0.15, 0.2) is 54.1 Å². The van der Waals surface area contributed by atoms with Crippen LogP contribution < -0.4 is 0 Å². The van der Waals surface area contributed by atoms with Crippen LogP contribution in [0.25, 0.3) is 17.0 Å². The molecule has 1 aromatic carbocycles. The molecule has 0 saturated carbocycles. The Balaban J connectivity index is 1.76. The number of likely N-dealkylation sites (N-methyl/N-ethyl adjacent to an activating group) is 1. The highest BCUT2D eigenvalue weighted by atomic mass is 32.1. The van der Waals surface area contributed by atoms with Gasteiger partial charge in [0, 0.05) is 35.8 Å². The van der Waals surface area contributed by atoms with Gasteiger partial charge in [-0.1, -0.05) is 37.6 Å². The number of ketones is 1. The quantitative estimate of drug-likeness (QED) is 0.399. The first-order valence-corrected chi connectivity index (χ1v) is 10.7. The average Bonchev–Trinajstić information content (AvgIpc) is 3.33. The topological polar surface area (TPSA) is 45.5 Å². The van der Waals surface area contributed by atoms with Gasteiger partial charge in [0.05, 0.1) is 11.0 Å². The molecule has 0 unspecified atom stereocenters. The molecule has 0 fully saturated rings. The number of allylic oxidation sites excluding steroid dienone is 1. The van der Waals surface area contributed by atoms with E-state index in [0.29, 0.717) is 13.1 Å². The van der Waals surface area contributed by atoms with E-state index in [2.05, 4.69) is 35.6 Å². The van der Waals surface area contributed by atoms with Gasteiger partial charge in [-0.2, -0.15) is 0 Å². The molecule has 0 aliphatic rings. The normalized spacial score (nSPS) is 13.0. The number of benzene rings is 1. The summed E-state index contributed by atoms with van der Waals surface area (Å²) in [5.74, 6) is 0.0180. The van der Waals surface area contributed by atoms with Crippen LogP contribution in [0.5, 0.6) is 0 Å². The van der Waals surface area contributed by atoms with Gasteiger partial charge in [-0.15, -0.1) is 11.3 Å². The molecule has 2 heterocycles. The van der Waals surface area contributed by atoms with E-state index >= 15 is 0 Å². The number of para-hydroxylation sites is 1. The molecule has 0 spiro atoms. The van der Waals surface area contributed by atoms with E-state index < -0.39 is 6.10 Å². The van der Waals surface area contributed by atoms with Crippen LogP contribution in [0.1, 0.15) is 35.0 Å². The Morgan fingerprint density at radius 2 is 2.11 bits per heavy atom. The number of unbranched alkanes of at least 4 members (excludes halogenated alkanes) is 1. The molecule has 0 radical (unpaired) electrons. The number of fused-ring (bicyclic) bond motifs is 1. The van der Waals surface area contributed by atoms with Crippen LogP contribution in [0, 0.1) is 0 Å². The largest absolute Gasteiger partial charge is 0.390 e. The van der Waals surface area contributed by atoms with Crippen molar-refractivity contribution < 1.29 is 9.90 Å². The number of aromatic nitrogens is 1. The predicted octanol–water partition coefficient (Wildman–Crippen LogP) is 4.69. The maximum Gasteiger partial charge on any atom is 0.195 e. The zero-order chi connectivity index (χ0) is 19.9. The van der Waals surface area contributed by atoms with Crippen LogP contribution in [0.3, 0.4) is 0 Å².